The molecule has 1 aliphatic carbocycles. The van der Waals surface area contributed by atoms with Gasteiger partial charge in [0.05, 0.1) is 0 Å². The molecule has 1 atom stereocenters. The first kappa shape index (κ1) is 26.3. The fourth-order valence-corrected chi connectivity index (χ4v) is 4.56. The largest absolute Gasteiger partial charge is 0.481 e. The Morgan fingerprint density at radius 3 is 2.17 bits per heavy atom. The Labute approximate surface area is 207 Å². The second-order valence-corrected chi connectivity index (χ2v) is 9.91. The number of carbonyl (C=O) groups is 3. The van der Waals surface area contributed by atoms with Crippen LogP contribution in [0.3, 0.4) is 0 Å². The molecule has 1 aliphatic rings. The number of amides is 2. The van der Waals surface area contributed by atoms with Crippen molar-refractivity contribution < 1.29 is 24.2 Å². The lowest BCUT2D eigenvalue weighted by atomic mass is 9.84. The highest BCUT2D eigenvalue weighted by molar-refractivity contribution is 5.85. The minimum atomic E-state index is -0.822. The number of nitrogens with one attached hydrogen (secondary N) is 2. The second-order valence-electron chi connectivity index (χ2n) is 9.91. The first-order valence-electron chi connectivity index (χ1n) is 12.3. The summed E-state index contributed by atoms with van der Waals surface area (Å²) in [6, 6.07) is 15.6. The van der Waals surface area contributed by atoms with Gasteiger partial charge in [-0.3, -0.25) is 9.59 Å². The van der Waals surface area contributed by atoms with Crippen molar-refractivity contribution in [3.05, 3.63) is 59.7 Å². The Bertz CT molecular complexity index is 1000. The van der Waals surface area contributed by atoms with Crippen LogP contribution in [-0.4, -0.2) is 42.3 Å². The molecule has 35 heavy (non-hydrogen) atoms. The van der Waals surface area contributed by atoms with E-state index in [2.05, 4.69) is 34.9 Å². The summed E-state index contributed by atoms with van der Waals surface area (Å²) in [5, 5.41) is 14.5. The van der Waals surface area contributed by atoms with E-state index in [1.54, 1.807) is 0 Å². The number of fused-ring (bicyclic) bond motifs is 3. The molecule has 0 fully saturated rings. The van der Waals surface area contributed by atoms with Gasteiger partial charge in [0.25, 0.3) is 0 Å². The van der Waals surface area contributed by atoms with E-state index >= 15 is 0 Å². The van der Waals surface area contributed by atoms with Crippen LogP contribution >= 0.6 is 0 Å². The standard InChI is InChI=1S/C28H36N2O5/c1-4-9-24(26(33)29-17-16-28(2,3)15-14-25(31)32)30-27(34)35-18-23-21-12-7-5-10-19(21)20-11-6-8-13-22(20)23/h5-8,10-13,23-24H,4,9,14-18H2,1-3H3,(H,29,33)(H,30,34)(H,31,32)/t24-/m0/s1. The average Bonchev–Trinajstić information content (AvgIpc) is 3.15. The van der Waals surface area contributed by atoms with E-state index in [0.717, 1.165) is 28.7 Å². The van der Waals surface area contributed by atoms with Gasteiger partial charge in [-0.15, -0.1) is 0 Å². The molecule has 0 saturated carbocycles. The van der Waals surface area contributed by atoms with Crippen LogP contribution in [0.1, 0.15) is 69.9 Å². The summed E-state index contributed by atoms with van der Waals surface area (Å²) in [5.41, 5.74) is 4.38. The topological polar surface area (TPSA) is 105 Å². The Balaban J connectivity index is 1.53. The van der Waals surface area contributed by atoms with Crippen molar-refractivity contribution in [1.82, 2.24) is 10.6 Å². The van der Waals surface area contributed by atoms with Crippen LogP contribution < -0.4 is 10.6 Å². The van der Waals surface area contributed by atoms with Crippen molar-refractivity contribution in [1.29, 1.82) is 0 Å². The predicted molar refractivity (Wildman–Crippen MR) is 135 cm³/mol. The van der Waals surface area contributed by atoms with E-state index in [1.807, 2.05) is 45.0 Å². The number of carboxylic acids is 1. The van der Waals surface area contributed by atoms with Crippen LogP contribution in [0, 0.1) is 5.41 Å². The number of ether oxygens (including phenoxy) is 1. The molecule has 7 nitrogen and oxygen atoms in total. The average molecular weight is 481 g/mol. The molecule has 2 aromatic rings. The minimum Gasteiger partial charge on any atom is -0.481 e. The van der Waals surface area contributed by atoms with Crippen molar-refractivity contribution >= 4 is 18.0 Å². The highest BCUT2D eigenvalue weighted by atomic mass is 16.5. The number of carbonyl (C=O) groups excluding carboxylic acids is 2. The number of benzene rings is 2. The highest BCUT2D eigenvalue weighted by Gasteiger charge is 2.30. The van der Waals surface area contributed by atoms with Gasteiger partial charge >= 0.3 is 12.1 Å². The van der Waals surface area contributed by atoms with E-state index in [4.69, 9.17) is 9.84 Å². The van der Waals surface area contributed by atoms with Gasteiger partial charge in [-0.25, -0.2) is 4.79 Å². The summed E-state index contributed by atoms with van der Waals surface area (Å²) in [6.45, 7) is 6.53. The van der Waals surface area contributed by atoms with Crippen molar-refractivity contribution in [3.8, 4) is 11.1 Å². The molecule has 2 aromatic carbocycles. The lowest BCUT2D eigenvalue weighted by Gasteiger charge is -2.25. The Hall–Kier alpha value is -3.35. The van der Waals surface area contributed by atoms with Crippen molar-refractivity contribution in [3.63, 3.8) is 0 Å². The van der Waals surface area contributed by atoms with Gasteiger partial charge in [0.1, 0.15) is 12.6 Å². The van der Waals surface area contributed by atoms with E-state index in [1.165, 1.54) is 0 Å². The van der Waals surface area contributed by atoms with Gasteiger partial charge in [0.2, 0.25) is 5.91 Å². The fraction of sp³-hybridized carbons (Fsp3) is 0.464. The maximum Gasteiger partial charge on any atom is 0.407 e. The quantitative estimate of drug-likeness (QED) is 0.392. The number of hydrogen-bond acceptors (Lipinski definition) is 4. The lowest BCUT2D eigenvalue weighted by Crippen LogP contribution is -2.47. The highest BCUT2D eigenvalue weighted by Crippen LogP contribution is 2.44. The van der Waals surface area contributed by atoms with E-state index in [9.17, 15) is 14.4 Å². The van der Waals surface area contributed by atoms with Gasteiger partial charge in [-0.05, 0) is 46.9 Å². The van der Waals surface area contributed by atoms with Crippen LogP contribution in [0.15, 0.2) is 48.5 Å². The molecule has 0 saturated heterocycles. The van der Waals surface area contributed by atoms with Gasteiger partial charge in [0, 0.05) is 18.9 Å². The van der Waals surface area contributed by atoms with Crippen molar-refractivity contribution in [2.75, 3.05) is 13.2 Å². The van der Waals surface area contributed by atoms with Gasteiger partial charge in [0.15, 0.2) is 0 Å². The number of carboxylic acid groups (broad SMARTS) is 1. The summed E-state index contributed by atoms with van der Waals surface area (Å²) in [6.07, 6.45) is 1.90. The van der Waals surface area contributed by atoms with Crippen LogP contribution in [-0.2, 0) is 14.3 Å². The zero-order valence-electron chi connectivity index (χ0n) is 20.8. The molecule has 0 spiro atoms. The van der Waals surface area contributed by atoms with E-state index in [-0.39, 0.29) is 30.3 Å². The molecule has 0 aliphatic heterocycles. The van der Waals surface area contributed by atoms with Gasteiger partial charge in [-0.2, -0.15) is 0 Å². The number of hydrogen-bond donors (Lipinski definition) is 3. The maximum absolute atomic E-state index is 12.7. The van der Waals surface area contributed by atoms with Gasteiger partial charge < -0.3 is 20.5 Å². The molecule has 2 amide bonds. The number of aliphatic carboxylic acids is 1. The molecule has 188 valence electrons. The molecular formula is C28H36N2O5. The SMILES string of the molecule is CCC[C@H](NC(=O)OCC1c2ccccc2-c2ccccc21)C(=O)NCCC(C)(C)CCC(=O)O. The van der Waals surface area contributed by atoms with Crippen molar-refractivity contribution in [2.24, 2.45) is 5.41 Å². The Morgan fingerprint density at radius 2 is 1.60 bits per heavy atom. The molecule has 0 bridgehead atoms. The zero-order valence-corrected chi connectivity index (χ0v) is 20.8. The first-order valence-corrected chi connectivity index (χ1v) is 12.3. The smallest absolute Gasteiger partial charge is 0.407 e. The predicted octanol–water partition coefficient (Wildman–Crippen LogP) is 5.09. The summed E-state index contributed by atoms with van der Waals surface area (Å²) >= 11 is 0. The molecule has 3 N–H and O–H groups in total. The molecule has 0 aromatic heterocycles. The van der Waals surface area contributed by atoms with Crippen LogP contribution in [0.25, 0.3) is 11.1 Å². The summed E-state index contributed by atoms with van der Waals surface area (Å²) in [4.78, 5) is 36.2. The van der Waals surface area contributed by atoms with Gasteiger partial charge in [-0.1, -0.05) is 75.7 Å². The van der Waals surface area contributed by atoms with Crippen LogP contribution in [0.2, 0.25) is 0 Å². The second kappa shape index (κ2) is 11.9. The van der Waals surface area contributed by atoms with Crippen LogP contribution in [0.4, 0.5) is 4.79 Å². The maximum atomic E-state index is 12.7. The minimum absolute atomic E-state index is 0.0420. The molecule has 3 rings (SSSR count). The fourth-order valence-electron chi connectivity index (χ4n) is 4.56. The third-order valence-corrected chi connectivity index (χ3v) is 6.65. The zero-order chi connectivity index (χ0) is 25.4. The van der Waals surface area contributed by atoms with E-state index in [0.29, 0.717) is 25.8 Å². The molecule has 0 radical (unpaired) electrons. The monoisotopic (exact) mass is 480 g/mol. The normalized spacial score (nSPS) is 13.5. The Kier molecular flexibility index (Phi) is 8.90. The summed E-state index contributed by atoms with van der Waals surface area (Å²) < 4.78 is 5.59. The van der Waals surface area contributed by atoms with Crippen molar-refractivity contribution in [2.45, 2.75) is 64.8 Å². The summed E-state index contributed by atoms with van der Waals surface area (Å²) in [5.74, 6) is -1.12. The number of alkyl carbamates (subject to hydrolysis) is 1. The Morgan fingerprint density at radius 1 is 1.00 bits per heavy atom. The molecule has 7 heteroatoms. The molecule has 0 unspecified atom stereocenters. The lowest BCUT2D eigenvalue weighted by molar-refractivity contribution is -0.137. The number of rotatable bonds is 12. The first-order chi connectivity index (χ1) is 16.7. The molecular weight excluding hydrogens is 444 g/mol. The third kappa shape index (κ3) is 7.07. The third-order valence-electron chi connectivity index (χ3n) is 6.65. The van der Waals surface area contributed by atoms with Crippen LogP contribution in [0.5, 0.6) is 0 Å². The molecule has 0 heterocycles. The van der Waals surface area contributed by atoms with E-state index < -0.39 is 18.1 Å². The summed E-state index contributed by atoms with van der Waals surface area (Å²) in [7, 11) is 0.